The number of nitrogens with zero attached hydrogens (tertiary/aromatic N) is 3. The second kappa shape index (κ2) is 17.7. The molecule has 0 spiro atoms. The summed E-state index contributed by atoms with van der Waals surface area (Å²) >= 11 is 17.5. The first-order valence-electron chi connectivity index (χ1n) is 13.9. The van der Waals surface area contributed by atoms with Crippen LogP contribution in [0.15, 0.2) is 41.4 Å². The second-order valence-corrected chi connectivity index (χ2v) is 15.4. The van der Waals surface area contributed by atoms with Gasteiger partial charge in [0.2, 0.25) is 5.82 Å². The van der Waals surface area contributed by atoms with Crippen LogP contribution in [0.25, 0.3) is 5.69 Å². The zero-order valence-electron chi connectivity index (χ0n) is 26.1. The van der Waals surface area contributed by atoms with Gasteiger partial charge in [0, 0.05) is 24.7 Å². The summed E-state index contributed by atoms with van der Waals surface area (Å²) in [5, 5.41) is 23.5. The SMILES string of the molecule is CS(=O)(=O)c1ccc(C(=O)C2C(=O)CCCC2=O)c(Cl)c1.Nc1c([N+](=O)[O-])cnn1-c1c(Cl)cc(C(F)(F)F)cc1Cl.O=C(O)CNCP(=O)(O)O. The molecule has 1 heterocycles. The average molecular weight is 839 g/mol. The van der Waals surface area contributed by atoms with Crippen LogP contribution in [-0.2, 0) is 35.0 Å². The number of carbonyl (C=O) groups excluding carboxylic acids is 3. The molecule has 6 N–H and O–H groups in total. The Bertz CT molecular complexity index is 2020. The quantitative estimate of drug-likeness (QED) is 0.0659. The molecule has 1 aromatic heterocycles. The molecule has 0 aliphatic heterocycles. The summed E-state index contributed by atoms with van der Waals surface area (Å²) in [6.07, 6.45) is -2.51. The van der Waals surface area contributed by atoms with Gasteiger partial charge in [0.15, 0.2) is 27.2 Å². The Hall–Kier alpha value is -3.95. The molecule has 1 fully saturated rings. The topological polar surface area (TPSA) is 279 Å². The predicted molar refractivity (Wildman–Crippen MR) is 178 cm³/mol. The van der Waals surface area contributed by atoms with Crippen LogP contribution in [0, 0.1) is 16.0 Å². The highest BCUT2D eigenvalue weighted by Gasteiger charge is 2.37. The summed E-state index contributed by atoms with van der Waals surface area (Å²) in [5.74, 6) is -4.31. The number of nitro groups is 1. The third-order valence-electron chi connectivity index (χ3n) is 6.52. The lowest BCUT2D eigenvalue weighted by Gasteiger charge is -2.18. The Kier molecular flexibility index (Phi) is 15.1. The highest BCUT2D eigenvalue weighted by molar-refractivity contribution is 7.90. The Balaban J connectivity index is 0.000000289. The maximum Gasteiger partial charge on any atom is 0.416 e. The Morgan fingerprint density at radius 3 is 2.04 bits per heavy atom. The van der Waals surface area contributed by atoms with Crippen LogP contribution in [-0.4, -0.2) is 80.4 Å². The van der Waals surface area contributed by atoms with Gasteiger partial charge in [0.1, 0.15) is 17.8 Å². The molecule has 52 heavy (non-hydrogen) atoms. The van der Waals surface area contributed by atoms with E-state index in [0.717, 1.165) is 23.2 Å². The predicted octanol–water partition coefficient (Wildman–Crippen LogP) is 4.35. The molecule has 284 valence electrons. The van der Waals surface area contributed by atoms with Crippen molar-refractivity contribution in [1.82, 2.24) is 15.1 Å². The molecule has 2 aromatic carbocycles. The van der Waals surface area contributed by atoms with Gasteiger partial charge in [-0.2, -0.15) is 18.3 Å². The molecule has 1 saturated carbocycles. The van der Waals surface area contributed by atoms with Crippen molar-refractivity contribution in [3.05, 3.63) is 72.8 Å². The van der Waals surface area contributed by atoms with Gasteiger partial charge < -0.3 is 20.6 Å². The number of nitrogens with two attached hydrogens (primary N) is 1. The average Bonchev–Trinajstić information content (AvgIpc) is 3.36. The number of rotatable bonds is 9. The van der Waals surface area contributed by atoms with Gasteiger partial charge in [-0.25, -0.2) is 13.1 Å². The summed E-state index contributed by atoms with van der Waals surface area (Å²) < 4.78 is 71.6. The van der Waals surface area contributed by atoms with E-state index in [1.165, 1.54) is 12.1 Å². The number of aromatic nitrogens is 2. The van der Waals surface area contributed by atoms with Gasteiger partial charge in [0.25, 0.3) is 0 Å². The zero-order chi connectivity index (χ0) is 39.9. The minimum Gasteiger partial charge on any atom is -0.480 e. The first-order valence-corrected chi connectivity index (χ1v) is 18.7. The van der Waals surface area contributed by atoms with Crippen LogP contribution < -0.4 is 11.1 Å². The number of aliphatic carboxylic acids is 1. The van der Waals surface area contributed by atoms with Crippen LogP contribution >= 0.6 is 42.4 Å². The van der Waals surface area contributed by atoms with Crippen molar-refractivity contribution in [2.45, 2.75) is 30.3 Å². The molecule has 3 aromatic rings. The van der Waals surface area contributed by atoms with Crippen molar-refractivity contribution in [2.24, 2.45) is 5.92 Å². The molecule has 0 unspecified atom stereocenters. The Morgan fingerprint density at radius 1 is 1.10 bits per heavy atom. The highest BCUT2D eigenvalue weighted by atomic mass is 35.5. The van der Waals surface area contributed by atoms with Crippen LogP contribution in [0.5, 0.6) is 0 Å². The number of anilines is 1. The van der Waals surface area contributed by atoms with Gasteiger partial charge in [0.05, 0.1) is 43.3 Å². The molecular formula is C27H26Cl3F3N5O12PS. The van der Waals surface area contributed by atoms with E-state index in [1.807, 2.05) is 0 Å². The summed E-state index contributed by atoms with van der Waals surface area (Å²) in [4.78, 5) is 71.9. The summed E-state index contributed by atoms with van der Waals surface area (Å²) in [5.41, 5.74) is 3.78. The van der Waals surface area contributed by atoms with E-state index in [2.05, 4.69) is 10.4 Å². The number of ketones is 3. The lowest BCUT2D eigenvalue weighted by Crippen LogP contribution is -2.35. The number of nitrogen functional groups attached to an aromatic ring is 1. The van der Waals surface area contributed by atoms with Crippen LogP contribution in [0.2, 0.25) is 15.1 Å². The molecule has 0 amide bonds. The molecule has 17 nitrogen and oxygen atoms in total. The van der Waals surface area contributed by atoms with E-state index in [0.29, 0.717) is 18.6 Å². The number of carboxylic acid groups (broad SMARTS) is 1. The molecule has 25 heteroatoms. The van der Waals surface area contributed by atoms with Crippen molar-refractivity contribution >= 4 is 87.1 Å². The standard InChI is InChI=1S/C14H13ClO5S.C10H5Cl2F3N4O2.C3H8NO5P/c1-21(19,20)8-5-6-9(10(15)7-8)14(18)13-11(16)3-2-4-12(13)17;11-5-1-4(10(13,14)15)2-6(12)8(5)18-9(16)7(3-17-18)19(20)21;5-3(6)1-4-2-10(7,8)9/h5-7,13H,2-4H2,1H3;1-3H,16H2;4H,1-2H2,(H,5,6)(H2,7,8,9). The molecule has 0 radical (unpaired) electrons. The van der Waals surface area contributed by atoms with E-state index >= 15 is 0 Å². The van der Waals surface area contributed by atoms with Crippen molar-refractivity contribution in [1.29, 1.82) is 0 Å². The molecule has 1 aliphatic rings. The smallest absolute Gasteiger partial charge is 0.416 e. The highest BCUT2D eigenvalue weighted by Crippen LogP contribution is 2.39. The Morgan fingerprint density at radius 2 is 1.63 bits per heavy atom. The maximum atomic E-state index is 12.6. The molecule has 0 atom stereocenters. The second-order valence-electron chi connectivity index (χ2n) is 10.5. The number of benzene rings is 2. The van der Waals surface area contributed by atoms with E-state index in [1.54, 1.807) is 0 Å². The lowest BCUT2D eigenvalue weighted by molar-refractivity contribution is -0.383. The van der Waals surface area contributed by atoms with Gasteiger partial charge in [-0.05, 0) is 36.8 Å². The molecule has 1 aliphatic carbocycles. The summed E-state index contributed by atoms with van der Waals surface area (Å²) in [7, 11) is -7.54. The monoisotopic (exact) mass is 837 g/mol. The van der Waals surface area contributed by atoms with Crippen LogP contribution in [0.3, 0.4) is 0 Å². The third-order valence-corrected chi connectivity index (χ3v) is 9.15. The van der Waals surface area contributed by atoms with Crippen molar-refractivity contribution < 1.29 is 65.1 Å². The fraction of sp³-hybridized carbons (Fsp3) is 0.296. The summed E-state index contributed by atoms with van der Waals surface area (Å²) in [6.45, 7) is -0.439. The number of hydrogen-bond donors (Lipinski definition) is 5. The van der Waals surface area contributed by atoms with Crippen molar-refractivity contribution in [3.8, 4) is 5.69 Å². The van der Waals surface area contributed by atoms with Gasteiger partial charge in [-0.15, -0.1) is 0 Å². The van der Waals surface area contributed by atoms with Crippen molar-refractivity contribution in [2.75, 3.05) is 24.8 Å². The normalized spacial score (nSPS) is 13.8. The molecule has 0 bridgehead atoms. The van der Waals surface area contributed by atoms with E-state index in [4.69, 9.17) is 55.4 Å². The van der Waals surface area contributed by atoms with Crippen LogP contribution in [0.4, 0.5) is 24.7 Å². The fourth-order valence-corrected chi connectivity index (χ4v) is 6.22. The Labute approximate surface area is 306 Å². The molecule has 0 saturated heterocycles. The third kappa shape index (κ3) is 12.3. The molecular weight excluding hydrogens is 813 g/mol. The van der Waals surface area contributed by atoms with Crippen LogP contribution in [0.1, 0.15) is 35.2 Å². The number of hydrogen-bond acceptors (Lipinski definition) is 12. The fourth-order valence-electron chi connectivity index (χ4n) is 4.19. The maximum absolute atomic E-state index is 12.6. The summed E-state index contributed by atoms with van der Waals surface area (Å²) in [6, 6.07) is 4.91. The number of carboxylic acids is 1. The number of halogens is 6. The van der Waals surface area contributed by atoms with Gasteiger partial charge in [-0.3, -0.25) is 39.2 Å². The first-order chi connectivity index (χ1) is 23.8. The van der Waals surface area contributed by atoms with Gasteiger partial charge >= 0.3 is 25.4 Å². The van der Waals surface area contributed by atoms with E-state index < -0.39 is 87.7 Å². The minimum atomic E-state index is -4.63. The van der Waals surface area contributed by atoms with E-state index in [-0.39, 0.29) is 44.1 Å². The van der Waals surface area contributed by atoms with E-state index in [9.17, 15) is 55.4 Å². The number of carbonyl (C=O) groups is 4. The lowest BCUT2D eigenvalue weighted by atomic mass is 9.82. The first kappa shape index (κ1) is 44.2. The zero-order valence-corrected chi connectivity index (χ0v) is 30.1. The number of sulfone groups is 1. The largest absolute Gasteiger partial charge is 0.480 e. The number of alkyl halides is 3. The van der Waals surface area contributed by atoms with Crippen molar-refractivity contribution in [3.63, 3.8) is 0 Å². The van der Waals surface area contributed by atoms with Gasteiger partial charge in [-0.1, -0.05) is 34.8 Å². The number of Topliss-reactive ketones (excluding diaryl/α,β-unsaturated/α-hetero) is 3. The number of nitrogens with one attached hydrogen (secondary N) is 1. The minimum absolute atomic E-state index is 0.00216. The molecule has 4 rings (SSSR count).